The first-order valence-electron chi connectivity index (χ1n) is 5.88. The lowest BCUT2D eigenvalue weighted by Gasteiger charge is -2.18. The normalized spacial score (nSPS) is 23.6. The Hall–Kier alpha value is -1.06. The number of nitrogens with one attached hydrogen (secondary N) is 1. The molecule has 1 heterocycles. The molecule has 0 radical (unpaired) electrons. The number of rotatable bonds is 3. The number of carbonyl (C=O) groups excluding carboxylic acids is 1. The van der Waals surface area contributed by atoms with Gasteiger partial charge < -0.3 is 10.1 Å². The van der Waals surface area contributed by atoms with E-state index in [2.05, 4.69) is 5.32 Å². The quantitative estimate of drug-likeness (QED) is 0.842. The summed E-state index contributed by atoms with van der Waals surface area (Å²) in [7, 11) is 0. The van der Waals surface area contributed by atoms with Crippen LogP contribution in [0.5, 0.6) is 0 Å². The summed E-state index contributed by atoms with van der Waals surface area (Å²) in [4.78, 5) is 11.8. The second-order valence-corrected chi connectivity index (χ2v) is 4.57. The second-order valence-electron chi connectivity index (χ2n) is 4.13. The van der Waals surface area contributed by atoms with E-state index in [4.69, 9.17) is 16.3 Å². The van der Waals surface area contributed by atoms with Gasteiger partial charge in [0, 0.05) is 11.1 Å². The molecular weight excluding hydrogens is 238 g/mol. The van der Waals surface area contributed by atoms with E-state index < -0.39 is 0 Å². The van der Waals surface area contributed by atoms with Crippen LogP contribution >= 0.6 is 11.6 Å². The highest BCUT2D eigenvalue weighted by molar-refractivity contribution is 6.30. The van der Waals surface area contributed by atoms with Crippen LogP contribution in [-0.4, -0.2) is 19.1 Å². The van der Waals surface area contributed by atoms with Crippen LogP contribution < -0.4 is 5.32 Å². The summed E-state index contributed by atoms with van der Waals surface area (Å²) in [6.45, 7) is 3.11. The van der Waals surface area contributed by atoms with Crippen molar-refractivity contribution in [3.8, 4) is 0 Å². The van der Waals surface area contributed by atoms with Crippen molar-refractivity contribution in [1.29, 1.82) is 0 Å². The molecule has 0 unspecified atom stereocenters. The van der Waals surface area contributed by atoms with Gasteiger partial charge in [0.25, 0.3) is 0 Å². The zero-order chi connectivity index (χ0) is 12.3. The van der Waals surface area contributed by atoms with Crippen molar-refractivity contribution >= 4 is 17.6 Å². The average Bonchev–Trinajstić information content (AvgIpc) is 2.79. The van der Waals surface area contributed by atoms with Crippen molar-refractivity contribution in [3.63, 3.8) is 0 Å². The lowest BCUT2D eigenvalue weighted by atomic mass is 9.94. The van der Waals surface area contributed by atoms with Crippen molar-refractivity contribution in [3.05, 3.63) is 34.9 Å². The minimum absolute atomic E-state index is 0.0475. The molecular formula is C13H16ClNO2. The summed E-state index contributed by atoms with van der Waals surface area (Å²) in [5.41, 5.74) is 1.09. The molecule has 1 aromatic rings. The molecule has 3 nitrogen and oxygen atoms in total. The van der Waals surface area contributed by atoms with Crippen LogP contribution in [0.4, 0.5) is 0 Å². The van der Waals surface area contributed by atoms with E-state index in [0.29, 0.717) is 11.6 Å². The van der Waals surface area contributed by atoms with Gasteiger partial charge in [-0.15, -0.1) is 0 Å². The molecule has 0 saturated carbocycles. The molecule has 1 aromatic carbocycles. The maximum Gasteiger partial charge on any atom is 0.310 e. The van der Waals surface area contributed by atoms with Crippen molar-refractivity contribution in [2.75, 3.05) is 13.2 Å². The number of hydrogen-bond acceptors (Lipinski definition) is 3. The third kappa shape index (κ3) is 2.79. The smallest absolute Gasteiger partial charge is 0.310 e. The predicted octanol–water partition coefficient (Wildman–Crippen LogP) is 2.55. The van der Waals surface area contributed by atoms with Gasteiger partial charge in [-0.2, -0.15) is 0 Å². The monoisotopic (exact) mass is 253 g/mol. The molecule has 92 valence electrons. The van der Waals surface area contributed by atoms with Gasteiger partial charge in [-0.3, -0.25) is 4.79 Å². The van der Waals surface area contributed by atoms with Gasteiger partial charge >= 0.3 is 5.97 Å². The Labute approximate surface area is 106 Å². The molecule has 0 bridgehead atoms. The van der Waals surface area contributed by atoms with E-state index in [1.807, 2.05) is 31.2 Å². The predicted molar refractivity (Wildman–Crippen MR) is 66.9 cm³/mol. The van der Waals surface area contributed by atoms with E-state index >= 15 is 0 Å². The summed E-state index contributed by atoms with van der Waals surface area (Å²) >= 11 is 5.85. The summed E-state index contributed by atoms with van der Waals surface area (Å²) in [5.74, 6) is -0.200. The molecule has 2 atom stereocenters. The molecule has 0 amide bonds. The van der Waals surface area contributed by atoms with Gasteiger partial charge in [-0.05, 0) is 37.6 Å². The van der Waals surface area contributed by atoms with Crippen molar-refractivity contribution in [2.24, 2.45) is 5.92 Å². The van der Waals surface area contributed by atoms with Crippen LogP contribution in [0.2, 0.25) is 5.02 Å². The zero-order valence-corrected chi connectivity index (χ0v) is 10.5. The highest BCUT2D eigenvalue weighted by Gasteiger charge is 2.34. The maximum atomic E-state index is 11.8. The van der Waals surface area contributed by atoms with Crippen molar-refractivity contribution in [2.45, 2.75) is 19.4 Å². The molecule has 0 aromatic heterocycles. The topological polar surface area (TPSA) is 38.3 Å². The Morgan fingerprint density at radius 2 is 2.18 bits per heavy atom. The molecule has 1 aliphatic heterocycles. The van der Waals surface area contributed by atoms with Crippen molar-refractivity contribution < 1.29 is 9.53 Å². The Morgan fingerprint density at radius 1 is 1.47 bits per heavy atom. The molecule has 4 heteroatoms. The Balaban J connectivity index is 2.14. The van der Waals surface area contributed by atoms with Crippen LogP contribution in [0, 0.1) is 5.92 Å². The minimum atomic E-state index is -0.113. The van der Waals surface area contributed by atoms with Gasteiger partial charge in [0.1, 0.15) is 0 Å². The van der Waals surface area contributed by atoms with Crippen molar-refractivity contribution in [1.82, 2.24) is 5.32 Å². The highest BCUT2D eigenvalue weighted by Crippen LogP contribution is 2.31. The van der Waals surface area contributed by atoms with E-state index in [1.165, 1.54) is 0 Å². The zero-order valence-electron chi connectivity index (χ0n) is 9.78. The summed E-state index contributed by atoms with van der Waals surface area (Å²) in [6, 6.07) is 7.65. The lowest BCUT2D eigenvalue weighted by molar-refractivity contribution is -0.148. The van der Waals surface area contributed by atoms with Crippen LogP contribution in [-0.2, 0) is 9.53 Å². The summed E-state index contributed by atoms with van der Waals surface area (Å²) < 4.78 is 5.10. The fraction of sp³-hybridized carbons (Fsp3) is 0.462. The van der Waals surface area contributed by atoms with E-state index in [0.717, 1.165) is 18.5 Å². The lowest BCUT2D eigenvalue weighted by Crippen LogP contribution is -2.25. The number of ether oxygens (including phenoxy) is 1. The SMILES string of the molecule is CCOC(=O)[C@H]1CCN[C@@H]1c1ccc(Cl)cc1. The van der Waals surface area contributed by atoms with Crippen LogP contribution in [0.25, 0.3) is 0 Å². The molecule has 0 spiro atoms. The fourth-order valence-corrected chi connectivity index (χ4v) is 2.35. The Kier molecular flexibility index (Phi) is 4.02. The van der Waals surface area contributed by atoms with E-state index in [1.54, 1.807) is 0 Å². The Bertz CT molecular complexity index is 391. The third-order valence-electron chi connectivity index (χ3n) is 3.04. The molecule has 17 heavy (non-hydrogen) atoms. The van der Waals surface area contributed by atoms with Gasteiger partial charge in [0.2, 0.25) is 0 Å². The molecule has 2 rings (SSSR count). The largest absolute Gasteiger partial charge is 0.466 e. The standard InChI is InChI=1S/C13H16ClNO2/c1-2-17-13(16)11-7-8-15-12(11)9-3-5-10(14)6-4-9/h3-6,11-12,15H,2,7-8H2,1H3/t11-,12+/m0/s1. The fourth-order valence-electron chi connectivity index (χ4n) is 2.23. The molecule has 1 N–H and O–H groups in total. The maximum absolute atomic E-state index is 11.8. The molecule has 1 aliphatic rings. The highest BCUT2D eigenvalue weighted by atomic mass is 35.5. The first kappa shape index (κ1) is 12.4. The Morgan fingerprint density at radius 3 is 2.82 bits per heavy atom. The van der Waals surface area contributed by atoms with Gasteiger partial charge in [0.15, 0.2) is 0 Å². The molecule has 0 aliphatic carbocycles. The van der Waals surface area contributed by atoms with Gasteiger partial charge in [-0.25, -0.2) is 0 Å². The summed E-state index contributed by atoms with van der Waals surface area (Å²) in [5, 5.41) is 4.05. The van der Waals surface area contributed by atoms with Crippen LogP contribution in [0.15, 0.2) is 24.3 Å². The number of esters is 1. The van der Waals surface area contributed by atoms with Gasteiger partial charge in [-0.1, -0.05) is 23.7 Å². The third-order valence-corrected chi connectivity index (χ3v) is 3.29. The number of halogens is 1. The minimum Gasteiger partial charge on any atom is -0.466 e. The van der Waals surface area contributed by atoms with Crippen LogP contribution in [0.1, 0.15) is 24.9 Å². The second kappa shape index (κ2) is 5.52. The number of hydrogen-bond donors (Lipinski definition) is 1. The van der Waals surface area contributed by atoms with Gasteiger partial charge in [0.05, 0.1) is 12.5 Å². The molecule has 1 fully saturated rings. The first-order valence-corrected chi connectivity index (χ1v) is 6.25. The van der Waals surface area contributed by atoms with E-state index in [-0.39, 0.29) is 17.9 Å². The van der Waals surface area contributed by atoms with Crippen LogP contribution in [0.3, 0.4) is 0 Å². The first-order chi connectivity index (χ1) is 8.22. The number of carbonyl (C=O) groups is 1. The summed E-state index contributed by atoms with van der Waals surface area (Å²) in [6.07, 6.45) is 0.826. The number of benzene rings is 1. The molecule has 1 saturated heterocycles. The average molecular weight is 254 g/mol. The van der Waals surface area contributed by atoms with E-state index in [9.17, 15) is 4.79 Å².